The molecule has 1 N–H and O–H groups in total. The van der Waals surface area contributed by atoms with E-state index in [0.29, 0.717) is 10.0 Å². The van der Waals surface area contributed by atoms with Crippen LogP contribution in [0.5, 0.6) is 0 Å². The Morgan fingerprint density at radius 3 is 2.58 bits per heavy atom. The molecule has 1 atom stereocenters. The molecule has 4 aromatic rings. The zero-order chi connectivity index (χ0) is 21.7. The maximum absolute atomic E-state index is 13.3. The van der Waals surface area contributed by atoms with Crippen molar-refractivity contribution in [3.8, 4) is 0 Å². The van der Waals surface area contributed by atoms with Crippen LogP contribution in [0, 0.1) is 13.8 Å². The van der Waals surface area contributed by atoms with Gasteiger partial charge in [-0.15, -0.1) is 11.3 Å². The summed E-state index contributed by atoms with van der Waals surface area (Å²) in [5, 5.41) is 13.1. The van der Waals surface area contributed by atoms with E-state index in [0.717, 1.165) is 26.9 Å². The molecular weight excluding hydrogens is 428 g/mol. The average molecular weight is 447 g/mol. The maximum atomic E-state index is 13.3. The number of amides is 1. The van der Waals surface area contributed by atoms with Crippen molar-refractivity contribution in [2.24, 2.45) is 0 Å². The Labute approximate surface area is 186 Å². The van der Waals surface area contributed by atoms with Crippen LogP contribution in [0.3, 0.4) is 0 Å². The second kappa shape index (κ2) is 7.44. The average Bonchev–Trinajstić information content (AvgIpc) is 3.48. The first-order valence-corrected chi connectivity index (χ1v) is 11.4. The van der Waals surface area contributed by atoms with Gasteiger partial charge in [-0.3, -0.25) is 14.5 Å². The largest absolute Gasteiger partial charge is 0.503 e. The van der Waals surface area contributed by atoms with Crippen LogP contribution in [0.15, 0.2) is 71.3 Å². The van der Waals surface area contributed by atoms with Crippen LogP contribution < -0.4 is 4.90 Å². The molecule has 0 saturated heterocycles. The number of carbonyl (C=O) groups excluding carboxylic acids is 2. The zero-order valence-corrected chi connectivity index (χ0v) is 18.5. The topological polar surface area (TPSA) is 70.5 Å². The van der Waals surface area contributed by atoms with Gasteiger partial charge in [-0.05, 0) is 48.1 Å². The molecule has 3 heterocycles. The standard InChI is InChI=1S/C24H18N2O3S2/c1-13-11-14(2)19-17(12-13)31-24(25-19)26-20(15-7-4-3-5-8-15)18(22(28)23(26)29)21(27)16-9-6-10-30-16/h3-12,20,28H,1-2H3/t20-/m0/s1. The number of hydrogen-bond acceptors (Lipinski definition) is 6. The van der Waals surface area contributed by atoms with Gasteiger partial charge in [0.15, 0.2) is 10.9 Å². The van der Waals surface area contributed by atoms with E-state index < -0.39 is 17.7 Å². The molecule has 1 amide bonds. The minimum atomic E-state index is -0.745. The van der Waals surface area contributed by atoms with Crippen LogP contribution in [0.1, 0.15) is 32.4 Å². The Kier molecular flexibility index (Phi) is 4.72. The summed E-state index contributed by atoms with van der Waals surface area (Å²) in [6, 6.07) is 16.1. The predicted octanol–water partition coefficient (Wildman–Crippen LogP) is 5.76. The summed E-state index contributed by atoms with van der Waals surface area (Å²) in [5.74, 6) is -1.47. The van der Waals surface area contributed by atoms with E-state index >= 15 is 0 Å². The highest BCUT2D eigenvalue weighted by molar-refractivity contribution is 7.22. The third-order valence-electron chi connectivity index (χ3n) is 5.34. The number of nitrogens with zero attached hydrogens (tertiary/aromatic N) is 2. The van der Waals surface area contributed by atoms with Crippen LogP contribution in [0.2, 0.25) is 0 Å². The van der Waals surface area contributed by atoms with Gasteiger partial charge in [0.25, 0.3) is 5.91 Å². The Morgan fingerprint density at radius 2 is 1.87 bits per heavy atom. The molecule has 0 fully saturated rings. The van der Waals surface area contributed by atoms with Gasteiger partial charge in [0.05, 0.1) is 26.7 Å². The van der Waals surface area contributed by atoms with Gasteiger partial charge in [0.2, 0.25) is 5.78 Å². The number of thiazole rings is 1. The molecule has 0 bridgehead atoms. The highest BCUT2D eigenvalue weighted by atomic mass is 32.1. The fourth-order valence-corrected chi connectivity index (χ4v) is 5.83. The molecule has 1 aliphatic heterocycles. The number of hydrogen-bond donors (Lipinski definition) is 1. The highest BCUT2D eigenvalue weighted by Gasteiger charge is 2.46. The maximum Gasteiger partial charge on any atom is 0.296 e. The number of rotatable bonds is 4. The number of aryl methyl sites for hydroxylation is 2. The molecular formula is C24H18N2O3S2. The van der Waals surface area contributed by atoms with Crippen LogP contribution >= 0.6 is 22.7 Å². The lowest BCUT2D eigenvalue weighted by molar-refractivity contribution is -0.117. The van der Waals surface area contributed by atoms with Crippen molar-refractivity contribution in [2.45, 2.75) is 19.9 Å². The number of benzene rings is 2. The Bertz CT molecular complexity index is 1350. The molecule has 0 saturated carbocycles. The van der Waals surface area contributed by atoms with E-state index in [2.05, 4.69) is 0 Å². The van der Waals surface area contributed by atoms with E-state index in [4.69, 9.17) is 4.98 Å². The lowest BCUT2D eigenvalue weighted by atomic mass is 9.96. The van der Waals surface area contributed by atoms with E-state index in [1.54, 1.807) is 17.5 Å². The quantitative estimate of drug-likeness (QED) is 0.405. The molecule has 7 heteroatoms. The number of anilines is 1. The van der Waals surface area contributed by atoms with Gasteiger partial charge in [0, 0.05) is 0 Å². The van der Waals surface area contributed by atoms with E-state index in [9.17, 15) is 14.7 Å². The second-order valence-corrected chi connectivity index (χ2v) is 9.44. The predicted molar refractivity (Wildman–Crippen MR) is 124 cm³/mol. The first-order valence-electron chi connectivity index (χ1n) is 9.73. The minimum absolute atomic E-state index is 0.0887. The van der Waals surface area contributed by atoms with Gasteiger partial charge in [0.1, 0.15) is 0 Å². The lowest BCUT2D eigenvalue weighted by Crippen LogP contribution is -2.30. The van der Waals surface area contributed by atoms with Gasteiger partial charge in [-0.2, -0.15) is 0 Å². The molecule has 5 nitrogen and oxygen atoms in total. The normalized spacial score (nSPS) is 16.5. The number of Topliss-reactive ketones (excluding diaryl/α,β-unsaturated/α-hetero) is 1. The first kappa shape index (κ1) is 19.7. The molecule has 2 aromatic heterocycles. The van der Waals surface area contributed by atoms with E-state index in [1.165, 1.54) is 27.6 Å². The van der Waals surface area contributed by atoms with Crippen molar-refractivity contribution >= 4 is 49.7 Å². The number of fused-ring (bicyclic) bond motifs is 1. The monoisotopic (exact) mass is 446 g/mol. The number of ketones is 1. The number of aliphatic hydroxyl groups excluding tert-OH is 1. The molecule has 154 valence electrons. The van der Waals surface area contributed by atoms with Crippen LogP contribution in [0.4, 0.5) is 5.13 Å². The fraction of sp³-hybridized carbons (Fsp3) is 0.125. The van der Waals surface area contributed by atoms with Crippen molar-refractivity contribution in [3.05, 3.63) is 92.9 Å². The van der Waals surface area contributed by atoms with E-state index in [-0.39, 0.29) is 11.4 Å². The molecule has 0 spiro atoms. The van der Waals surface area contributed by atoms with Gasteiger partial charge >= 0.3 is 0 Å². The van der Waals surface area contributed by atoms with Crippen LogP contribution in [-0.4, -0.2) is 21.8 Å². The zero-order valence-electron chi connectivity index (χ0n) is 16.8. The molecule has 0 radical (unpaired) electrons. The molecule has 2 aromatic carbocycles. The van der Waals surface area contributed by atoms with Gasteiger partial charge in [-0.25, -0.2) is 4.98 Å². The Morgan fingerprint density at radius 1 is 1.10 bits per heavy atom. The van der Waals surface area contributed by atoms with Crippen molar-refractivity contribution in [3.63, 3.8) is 0 Å². The van der Waals surface area contributed by atoms with Crippen molar-refractivity contribution in [1.29, 1.82) is 0 Å². The van der Waals surface area contributed by atoms with Crippen molar-refractivity contribution in [2.75, 3.05) is 4.90 Å². The Balaban J connectivity index is 1.69. The smallest absolute Gasteiger partial charge is 0.296 e. The third kappa shape index (κ3) is 3.17. The highest BCUT2D eigenvalue weighted by Crippen LogP contribution is 2.44. The number of aliphatic hydroxyl groups is 1. The second-order valence-electron chi connectivity index (χ2n) is 7.48. The van der Waals surface area contributed by atoms with E-state index in [1.807, 2.05) is 56.3 Å². The molecule has 0 aliphatic carbocycles. The first-order chi connectivity index (χ1) is 15.0. The summed E-state index contributed by atoms with van der Waals surface area (Å²) in [6.45, 7) is 4.01. The van der Waals surface area contributed by atoms with Crippen molar-refractivity contribution in [1.82, 2.24) is 4.98 Å². The third-order valence-corrected chi connectivity index (χ3v) is 7.21. The molecule has 0 unspecified atom stereocenters. The number of carbonyl (C=O) groups is 2. The summed E-state index contributed by atoms with van der Waals surface area (Å²) in [6.07, 6.45) is 0. The molecule has 5 rings (SSSR count). The lowest BCUT2D eigenvalue weighted by Gasteiger charge is -2.24. The minimum Gasteiger partial charge on any atom is -0.503 e. The number of aromatic nitrogens is 1. The van der Waals surface area contributed by atoms with Gasteiger partial charge < -0.3 is 5.11 Å². The number of thiophene rings is 1. The van der Waals surface area contributed by atoms with Gasteiger partial charge in [-0.1, -0.05) is 53.8 Å². The van der Waals surface area contributed by atoms with Crippen LogP contribution in [-0.2, 0) is 4.79 Å². The summed E-state index contributed by atoms with van der Waals surface area (Å²) in [4.78, 5) is 33.2. The van der Waals surface area contributed by atoms with Crippen LogP contribution in [0.25, 0.3) is 10.2 Å². The summed E-state index contributed by atoms with van der Waals surface area (Å²) < 4.78 is 0.963. The summed E-state index contributed by atoms with van der Waals surface area (Å²) in [7, 11) is 0. The Hall–Kier alpha value is -3.29. The molecule has 1 aliphatic rings. The van der Waals surface area contributed by atoms with Crippen molar-refractivity contribution < 1.29 is 14.7 Å². The SMILES string of the molecule is Cc1cc(C)c2nc(N3C(=O)C(O)=C(C(=O)c4cccs4)[C@@H]3c3ccccc3)sc2c1. The molecule has 31 heavy (non-hydrogen) atoms. The summed E-state index contributed by atoms with van der Waals surface area (Å²) in [5.41, 5.74) is 3.79. The fourth-order valence-electron chi connectivity index (χ4n) is 3.99. The summed E-state index contributed by atoms with van der Waals surface area (Å²) >= 11 is 2.67.